The predicted octanol–water partition coefficient (Wildman–Crippen LogP) is 1.43. The zero-order chi connectivity index (χ0) is 41.5. The summed E-state index contributed by atoms with van der Waals surface area (Å²) >= 11 is 0. The van der Waals surface area contributed by atoms with Crippen molar-refractivity contribution < 1.29 is 69.9 Å². The Morgan fingerprint density at radius 2 is 1.23 bits per heavy atom. The fourth-order valence-corrected chi connectivity index (χ4v) is 10.6. The third kappa shape index (κ3) is 7.04. The van der Waals surface area contributed by atoms with E-state index < -0.39 is 149 Å². The molecule has 8 N–H and O–H groups in total. The highest BCUT2D eigenvalue weighted by molar-refractivity contribution is 7.93. The number of nitrogens with one attached hydrogen (secondary N) is 2. The van der Waals surface area contributed by atoms with E-state index in [1.165, 1.54) is 24.3 Å². The molecule has 0 radical (unpaired) electrons. The Labute approximate surface area is 315 Å². The number of hydrogen-bond acceptors (Lipinski definition) is 15. The minimum atomic E-state index is -5.60. The molecule has 1 aromatic heterocycles. The second kappa shape index (κ2) is 13.5. The van der Waals surface area contributed by atoms with Crippen molar-refractivity contribution in [1.29, 1.82) is 0 Å². The number of anilines is 2. The Kier molecular flexibility index (Phi) is 9.73. The molecule has 0 atom stereocenters. The molecule has 20 nitrogen and oxygen atoms in total. The van der Waals surface area contributed by atoms with Crippen molar-refractivity contribution in [2.45, 2.75) is 24.5 Å². The minimum Gasteiger partial charge on any atom is -0.354 e. The number of ketones is 2. The lowest BCUT2D eigenvalue weighted by Gasteiger charge is -2.25. The Hall–Kier alpha value is -5.22. The molecule has 1 aliphatic carbocycles. The molecule has 0 amide bonds. The van der Waals surface area contributed by atoms with Crippen LogP contribution in [0.15, 0.2) is 96.0 Å². The second-order valence-corrected chi connectivity index (χ2v) is 19.6. The fourth-order valence-electron chi connectivity index (χ4n) is 6.15. The standard InChI is InChI=1S/C31H23N3O17S5/c32-8-9-52(38,39)21-11-18(20(54(43,44)45)13-22(21)55(46,47)48)33-19-12-23(56(49,50)51)28-26-24(16-6-1-2-7-17(16)30(36)25(19)26)27(31(37)34-28)29(35)14-4-3-5-15(10-14)53(40,41)42/h1-7,10-13,33H,8-9,32H2,(H,34,37)(H,40,41,42)(H,43,44,45)(H,46,47,48)(H,49,50,51). The number of benzene rings is 4. The summed E-state index contributed by atoms with van der Waals surface area (Å²) in [5.74, 6) is -3.20. The predicted molar refractivity (Wildman–Crippen MR) is 193 cm³/mol. The number of rotatable bonds is 11. The van der Waals surface area contributed by atoms with Gasteiger partial charge >= 0.3 is 0 Å². The number of carbonyl (C=O) groups is 2. The summed E-state index contributed by atoms with van der Waals surface area (Å²) in [5, 5.41) is 1.71. The van der Waals surface area contributed by atoms with Gasteiger partial charge in [-0.3, -0.25) is 32.6 Å². The number of aromatic amines is 1. The van der Waals surface area contributed by atoms with Crippen LogP contribution in [0.3, 0.4) is 0 Å². The number of H-pyrrole nitrogens is 1. The lowest BCUT2D eigenvalue weighted by molar-refractivity contribution is 0.102. The zero-order valence-corrected chi connectivity index (χ0v) is 31.6. The van der Waals surface area contributed by atoms with Crippen molar-refractivity contribution in [2.24, 2.45) is 5.73 Å². The Balaban J connectivity index is 1.79. The van der Waals surface area contributed by atoms with Crippen molar-refractivity contribution >= 4 is 84.2 Å². The Bertz CT molecular complexity index is 3250. The van der Waals surface area contributed by atoms with E-state index in [0.717, 1.165) is 24.3 Å². The van der Waals surface area contributed by atoms with Crippen LogP contribution in [0, 0.1) is 0 Å². The highest BCUT2D eigenvalue weighted by atomic mass is 32.2. The average Bonchev–Trinajstić information content (AvgIpc) is 3.08. The highest BCUT2D eigenvalue weighted by Gasteiger charge is 2.37. The van der Waals surface area contributed by atoms with Gasteiger partial charge in [-0.15, -0.1) is 0 Å². The van der Waals surface area contributed by atoms with Gasteiger partial charge in [0.1, 0.15) is 14.7 Å². The van der Waals surface area contributed by atoms with Gasteiger partial charge in [-0.25, -0.2) is 8.42 Å². The number of sulfone groups is 1. The van der Waals surface area contributed by atoms with Crippen molar-refractivity contribution in [3.05, 3.63) is 99.3 Å². The van der Waals surface area contributed by atoms with Gasteiger partial charge in [0, 0.05) is 28.6 Å². The third-order valence-electron chi connectivity index (χ3n) is 8.42. The smallest absolute Gasteiger partial charge is 0.296 e. The zero-order valence-electron chi connectivity index (χ0n) is 27.5. The van der Waals surface area contributed by atoms with Gasteiger partial charge in [0.15, 0.2) is 21.4 Å². The number of nitrogens with two attached hydrogens (primary N) is 1. The molecule has 0 unspecified atom stereocenters. The molecule has 25 heteroatoms. The molecule has 6 rings (SSSR count). The van der Waals surface area contributed by atoms with Gasteiger partial charge in [0.2, 0.25) is 0 Å². The monoisotopic (exact) mass is 869 g/mol. The van der Waals surface area contributed by atoms with Crippen molar-refractivity contribution in [2.75, 3.05) is 17.6 Å². The molecule has 5 aromatic rings. The Morgan fingerprint density at radius 3 is 1.80 bits per heavy atom. The van der Waals surface area contributed by atoms with E-state index in [4.69, 9.17) is 5.73 Å². The average molecular weight is 870 g/mol. The summed E-state index contributed by atoms with van der Waals surface area (Å²) in [6.45, 7) is -0.612. The van der Waals surface area contributed by atoms with Crippen LogP contribution in [-0.4, -0.2) is 89.1 Å². The number of aromatic nitrogens is 1. The van der Waals surface area contributed by atoms with Crippen LogP contribution in [0.5, 0.6) is 0 Å². The maximum absolute atomic E-state index is 14.3. The molecule has 56 heavy (non-hydrogen) atoms. The topological polar surface area (TPSA) is 357 Å². The maximum Gasteiger partial charge on any atom is 0.296 e. The summed E-state index contributed by atoms with van der Waals surface area (Å²) < 4.78 is 165. The molecule has 1 aliphatic rings. The first-order valence-corrected chi connectivity index (χ1v) is 22.5. The van der Waals surface area contributed by atoms with Crippen LogP contribution in [0.25, 0.3) is 22.0 Å². The summed E-state index contributed by atoms with van der Waals surface area (Å²) in [4.78, 5) is 38.2. The van der Waals surface area contributed by atoms with E-state index >= 15 is 0 Å². The van der Waals surface area contributed by atoms with E-state index in [2.05, 4.69) is 10.3 Å². The van der Waals surface area contributed by atoms with Gasteiger partial charge in [-0.05, 0) is 35.9 Å². The molecule has 0 aliphatic heterocycles. The number of hydrogen-bond donors (Lipinski definition) is 7. The van der Waals surface area contributed by atoms with Gasteiger partial charge < -0.3 is 16.0 Å². The lowest BCUT2D eigenvalue weighted by atomic mass is 9.80. The van der Waals surface area contributed by atoms with Crippen LogP contribution in [0.1, 0.15) is 31.8 Å². The molecule has 0 fully saturated rings. The van der Waals surface area contributed by atoms with E-state index in [-0.39, 0.29) is 17.2 Å². The van der Waals surface area contributed by atoms with Crippen LogP contribution < -0.4 is 16.6 Å². The lowest BCUT2D eigenvalue weighted by Crippen LogP contribution is -2.25. The molecular weight excluding hydrogens is 847 g/mol. The Morgan fingerprint density at radius 1 is 0.643 bits per heavy atom. The van der Waals surface area contributed by atoms with Crippen LogP contribution in [-0.2, 0) is 50.3 Å². The minimum absolute atomic E-state index is 0.0597. The molecular formula is C31H23N3O17S5. The van der Waals surface area contributed by atoms with Gasteiger partial charge in [0.25, 0.3) is 46.0 Å². The molecule has 4 aromatic carbocycles. The van der Waals surface area contributed by atoms with Gasteiger partial charge in [0.05, 0.1) is 43.6 Å². The van der Waals surface area contributed by atoms with Crippen LogP contribution in [0.4, 0.5) is 11.4 Å². The third-order valence-corrected chi connectivity index (χ3v) is 13.8. The van der Waals surface area contributed by atoms with E-state index in [1.807, 2.05) is 0 Å². The maximum atomic E-state index is 14.3. The largest absolute Gasteiger partial charge is 0.354 e. The van der Waals surface area contributed by atoms with Crippen molar-refractivity contribution in [3.63, 3.8) is 0 Å². The van der Waals surface area contributed by atoms with Crippen molar-refractivity contribution in [3.8, 4) is 11.1 Å². The quantitative estimate of drug-likeness (QED) is 0.0715. The first kappa shape index (κ1) is 40.4. The van der Waals surface area contributed by atoms with E-state index in [0.29, 0.717) is 12.1 Å². The van der Waals surface area contributed by atoms with Crippen LogP contribution in [0.2, 0.25) is 0 Å². The molecule has 0 bridgehead atoms. The van der Waals surface area contributed by atoms with Gasteiger partial charge in [-0.1, -0.05) is 36.4 Å². The fraction of sp³-hybridized carbons (Fsp3) is 0.0645. The first-order valence-electron chi connectivity index (χ1n) is 15.1. The molecule has 0 saturated heterocycles. The molecule has 294 valence electrons. The normalized spacial score (nSPS) is 13.4. The number of fused-ring (bicyclic) bond motifs is 2. The molecule has 0 saturated carbocycles. The van der Waals surface area contributed by atoms with E-state index in [9.17, 15) is 74.7 Å². The molecule has 0 spiro atoms. The first-order chi connectivity index (χ1) is 25.8. The van der Waals surface area contributed by atoms with Crippen LogP contribution >= 0.6 is 0 Å². The summed E-state index contributed by atoms with van der Waals surface area (Å²) in [6.07, 6.45) is 0. The summed E-state index contributed by atoms with van der Waals surface area (Å²) in [6, 6.07) is 9.85. The molecule has 1 heterocycles. The SMILES string of the molecule is NCCS(=O)(=O)c1cc(Nc2cc(S(=O)(=O)O)c3[nH]c(=O)c(C(=O)c4cccc(S(=O)(=O)O)c4)c4c3c2C(=O)c2ccccc2-4)c(S(=O)(=O)O)cc1S(=O)(=O)O. The number of pyridine rings is 1. The van der Waals surface area contributed by atoms with Crippen molar-refractivity contribution in [1.82, 2.24) is 4.98 Å². The second-order valence-electron chi connectivity index (χ2n) is 11.9. The number of carbonyl (C=O) groups excluding carboxylic acids is 2. The van der Waals surface area contributed by atoms with E-state index in [1.54, 1.807) is 0 Å². The summed E-state index contributed by atoms with van der Waals surface area (Å²) in [7, 11) is -26.3. The van der Waals surface area contributed by atoms with Gasteiger partial charge in [-0.2, -0.15) is 33.7 Å². The highest BCUT2D eigenvalue weighted by Crippen LogP contribution is 2.46. The summed E-state index contributed by atoms with van der Waals surface area (Å²) in [5.41, 5.74) is -1.45.